The summed E-state index contributed by atoms with van der Waals surface area (Å²) in [5.41, 5.74) is -0.199. The molecule has 1 aromatic rings. The van der Waals surface area contributed by atoms with Crippen LogP contribution in [0.1, 0.15) is 38.5 Å². The molecule has 5 heteroatoms. The second kappa shape index (κ2) is 7.01. The first-order valence-corrected chi connectivity index (χ1v) is 8.29. The van der Waals surface area contributed by atoms with Crippen LogP contribution in [0.4, 0.5) is 5.69 Å². The fourth-order valence-corrected chi connectivity index (χ4v) is 3.25. The summed E-state index contributed by atoms with van der Waals surface area (Å²) in [7, 11) is 0. The van der Waals surface area contributed by atoms with Crippen molar-refractivity contribution in [3.05, 3.63) is 24.3 Å². The lowest BCUT2D eigenvalue weighted by molar-refractivity contribution is -0.122. The standard InChI is InChI=1S/C18H22N2O3/c19-13-18(8-1-2-9-18)17(21)20-14-5-3-6-15(11-14)23-12-16-7-4-10-22-16/h3,5-6,11,16H,1-2,4,7-10,12H2,(H,20,21). The Hall–Kier alpha value is -2.06. The summed E-state index contributed by atoms with van der Waals surface area (Å²) in [5.74, 6) is 0.504. The number of benzene rings is 1. The van der Waals surface area contributed by atoms with Crippen LogP contribution in [0, 0.1) is 16.7 Å². The van der Waals surface area contributed by atoms with Crippen LogP contribution >= 0.6 is 0 Å². The minimum absolute atomic E-state index is 0.161. The molecule has 0 aromatic heterocycles. The van der Waals surface area contributed by atoms with Gasteiger partial charge < -0.3 is 14.8 Å². The van der Waals surface area contributed by atoms with E-state index >= 15 is 0 Å². The van der Waals surface area contributed by atoms with Crippen molar-refractivity contribution >= 4 is 11.6 Å². The molecule has 1 N–H and O–H groups in total. The minimum atomic E-state index is -0.867. The Morgan fingerprint density at radius 2 is 2.22 bits per heavy atom. The van der Waals surface area contributed by atoms with Crippen LogP contribution in [0.3, 0.4) is 0 Å². The molecule has 122 valence electrons. The van der Waals surface area contributed by atoms with Gasteiger partial charge >= 0.3 is 0 Å². The molecule has 0 spiro atoms. The Labute approximate surface area is 136 Å². The van der Waals surface area contributed by atoms with Crippen LogP contribution in [0.25, 0.3) is 0 Å². The number of carbonyl (C=O) groups is 1. The number of nitrogens with zero attached hydrogens (tertiary/aromatic N) is 1. The average molecular weight is 314 g/mol. The lowest BCUT2D eigenvalue weighted by Crippen LogP contribution is -2.32. The second-order valence-corrected chi connectivity index (χ2v) is 6.33. The molecule has 1 unspecified atom stereocenters. The second-order valence-electron chi connectivity index (χ2n) is 6.33. The largest absolute Gasteiger partial charge is 0.491 e. The first-order chi connectivity index (χ1) is 11.2. The van der Waals surface area contributed by atoms with Gasteiger partial charge in [0.15, 0.2) is 0 Å². The Balaban J connectivity index is 1.60. The maximum atomic E-state index is 12.5. The summed E-state index contributed by atoms with van der Waals surface area (Å²) in [5, 5.41) is 12.2. The van der Waals surface area contributed by atoms with Crippen molar-refractivity contribution in [2.24, 2.45) is 5.41 Å². The first kappa shape index (κ1) is 15.8. The number of nitriles is 1. The van der Waals surface area contributed by atoms with E-state index in [9.17, 15) is 10.1 Å². The summed E-state index contributed by atoms with van der Waals surface area (Å²) in [6.45, 7) is 1.33. The summed E-state index contributed by atoms with van der Waals surface area (Å²) in [4.78, 5) is 12.5. The zero-order valence-corrected chi connectivity index (χ0v) is 13.2. The molecule has 3 rings (SSSR count). The molecule has 1 aliphatic carbocycles. The monoisotopic (exact) mass is 314 g/mol. The third kappa shape index (κ3) is 3.65. The molecule has 2 fully saturated rings. The quantitative estimate of drug-likeness (QED) is 0.905. The highest BCUT2D eigenvalue weighted by atomic mass is 16.5. The van der Waals surface area contributed by atoms with E-state index in [1.54, 1.807) is 6.07 Å². The number of ether oxygens (including phenoxy) is 2. The maximum absolute atomic E-state index is 12.5. The van der Waals surface area contributed by atoms with Crippen molar-refractivity contribution in [3.8, 4) is 11.8 Å². The predicted octanol–water partition coefficient (Wildman–Crippen LogP) is 3.27. The SMILES string of the molecule is N#CC1(C(=O)Nc2cccc(OCC3CCCO3)c2)CCCC1. The molecule has 1 saturated heterocycles. The van der Waals surface area contributed by atoms with E-state index < -0.39 is 5.41 Å². The van der Waals surface area contributed by atoms with E-state index in [2.05, 4.69) is 11.4 Å². The first-order valence-electron chi connectivity index (χ1n) is 8.29. The van der Waals surface area contributed by atoms with E-state index in [1.165, 1.54) is 0 Å². The Bertz CT molecular complexity index is 597. The van der Waals surface area contributed by atoms with Gasteiger partial charge in [0.05, 0.1) is 12.2 Å². The molecule has 0 radical (unpaired) electrons. The number of rotatable bonds is 5. The molecule has 1 heterocycles. The van der Waals surface area contributed by atoms with Gasteiger partial charge in [0.25, 0.3) is 0 Å². The molecule has 0 bridgehead atoms. The minimum Gasteiger partial charge on any atom is -0.491 e. The van der Waals surface area contributed by atoms with E-state index in [1.807, 2.05) is 18.2 Å². The fourth-order valence-electron chi connectivity index (χ4n) is 3.25. The van der Waals surface area contributed by atoms with Crippen LogP contribution < -0.4 is 10.1 Å². The molecule has 1 atom stereocenters. The average Bonchev–Trinajstić information content (AvgIpc) is 3.25. The number of carbonyl (C=O) groups excluding carboxylic acids is 1. The predicted molar refractivity (Wildman–Crippen MR) is 86.1 cm³/mol. The van der Waals surface area contributed by atoms with E-state index in [0.29, 0.717) is 30.9 Å². The van der Waals surface area contributed by atoms with Gasteiger partial charge in [0, 0.05) is 18.4 Å². The maximum Gasteiger partial charge on any atom is 0.244 e. The van der Waals surface area contributed by atoms with E-state index in [4.69, 9.17) is 9.47 Å². The molecular weight excluding hydrogens is 292 g/mol. The van der Waals surface area contributed by atoms with Crippen LogP contribution in [0.2, 0.25) is 0 Å². The zero-order valence-electron chi connectivity index (χ0n) is 13.2. The summed E-state index contributed by atoms with van der Waals surface area (Å²) in [6, 6.07) is 9.53. The smallest absolute Gasteiger partial charge is 0.244 e. The highest BCUT2D eigenvalue weighted by Gasteiger charge is 2.41. The van der Waals surface area contributed by atoms with Crippen LogP contribution in [0.15, 0.2) is 24.3 Å². The molecule has 5 nitrogen and oxygen atoms in total. The fraction of sp³-hybridized carbons (Fsp3) is 0.556. The van der Waals surface area contributed by atoms with Gasteiger partial charge in [-0.1, -0.05) is 18.9 Å². The lowest BCUT2D eigenvalue weighted by atomic mass is 9.87. The van der Waals surface area contributed by atoms with Crippen molar-refractivity contribution in [1.29, 1.82) is 5.26 Å². The molecule has 1 aromatic carbocycles. The molecule has 1 amide bonds. The number of amides is 1. The van der Waals surface area contributed by atoms with Crippen molar-refractivity contribution < 1.29 is 14.3 Å². The molecule has 1 aliphatic heterocycles. The van der Waals surface area contributed by atoms with E-state index in [-0.39, 0.29) is 12.0 Å². The zero-order chi connectivity index (χ0) is 16.1. The lowest BCUT2D eigenvalue weighted by Gasteiger charge is -2.19. The topological polar surface area (TPSA) is 71.4 Å². The van der Waals surface area contributed by atoms with Crippen molar-refractivity contribution in [2.75, 3.05) is 18.5 Å². The number of nitrogens with one attached hydrogen (secondary N) is 1. The van der Waals surface area contributed by atoms with Gasteiger partial charge in [-0.2, -0.15) is 5.26 Å². The Kier molecular flexibility index (Phi) is 4.82. The highest BCUT2D eigenvalue weighted by molar-refractivity contribution is 5.97. The van der Waals surface area contributed by atoms with Gasteiger partial charge in [-0.15, -0.1) is 0 Å². The number of hydrogen-bond acceptors (Lipinski definition) is 4. The highest BCUT2D eigenvalue weighted by Crippen LogP contribution is 2.38. The van der Waals surface area contributed by atoms with Crippen LogP contribution in [-0.4, -0.2) is 25.2 Å². The molecule has 2 aliphatic rings. The summed E-state index contributed by atoms with van der Waals surface area (Å²) < 4.78 is 11.3. The van der Waals surface area contributed by atoms with Crippen molar-refractivity contribution in [2.45, 2.75) is 44.6 Å². The van der Waals surface area contributed by atoms with Gasteiger partial charge in [-0.3, -0.25) is 4.79 Å². The number of anilines is 1. The summed E-state index contributed by atoms with van der Waals surface area (Å²) in [6.07, 6.45) is 5.43. The van der Waals surface area contributed by atoms with Crippen molar-refractivity contribution in [3.63, 3.8) is 0 Å². The van der Waals surface area contributed by atoms with Gasteiger partial charge in [-0.05, 0) is 37.8 Å². The van der Waals surface area contributed by atoms with Crippen LogP contribution in [-0.2, 0) is 9.53 Å². The normalized spacial score (nSPS) is 22.5. The summed E-state index contributed by atoms with van der Waals surface area (Å²) >= 11 is 0. The van der Waals surface area contributed by atoms with Crippen LogP contribution in [0.5, 0.6) is 5.75 Å². The number of hydrogen-bond donors (Lipinski definition) is 1. The molecular formula is C18H22N2O3. The third-order valence-electron chi connectivity index (χ3n) is 4.66. The van der Waals surface area contributed by atoms with Gasteiger partial charge in [0.2, 0.25) is 5.91 Å². The Morgan fingerprint density at radius 1 is 1.39 bits per heavy atom. The molecule has 23 heavy (non-hydrogen) atoms. The third-order valence-corrected chi connectivity index (χ3v) is 4.66. The molecule has 1 saturated carbocycles. The van der Waals surface area contributed by atoms with Gasteiger partial charge in [0.1, 0.15) is 17.8 Å². The van der Waals surface area contributed by atoms with Crippen molar-refractivity contribution in [1.82, 2.24) is 0 Å². The van der Waals surface area contributed by atoms with E-state index in [0.717, 1.165) is 32.3 Å². The Morgan fingerprint density at radius 3 is 2.91 bits per heavy atom. The van der Waals surface area contributed by atoms with Gasteiger partial charge in [-0.25, -0.2) is 0 Å².